The lowest BCUT2D eigenvalue weighted by atomic mass is 9.93. The SMILES string of the molecule is CC(C)NC(=O)CN1CCN(C(=O)[C@H]2C[C@@H](c3ccccc3)N3CCC[C@H]23)CC1. The summed E-state index contributed by atoms with van der Waals surface area (Å²) in [7, 11) is 0. The van der Waals surface area contributed by atoms with Crippen molar-refractivity contribution in [3.8, 4) is 0 Å². The summed E-state index contributed by atoms with van der Waals surface area (Å²) >= 11 is 0. The Labute approximate surface area is 174 Å². The van der Waals surface area contributed by atoms with Crippen molar-refractivity contribution in [3.05, 3.63) is 35.9 Å². The standard InChI is InChI=1S/C23H34N4O2/c1-17(2)24-22(28)16-25-11-13-26(14-12-25)23(29)19-15-21(18-7-4-3-5-8-18)27-10-6-9-20(19)27/h3-5,7-8,17,19-21H,6,9-16H2,1-2H3,(H,24,28)/t19-,20+,21-/m0/s1. The molecular formula is C23H34N4O2. The maximum absolute atomic E-state index is 13.4. The summed E-state index contributed by atoms with van der Waals surface area (Å²) in [5, 5.41) is 2.95. The van der Waals surface area contributed by atoms with Gasteiger partial charge < -0.3 is 10.2 Å². The first kappa shape index (κ1) is 20.4. The lowest BCUT2D eigenvalue weighted by molar-refractivity contribution is -0.138. The maximum Gasteiger partial charge on any atom is 0.234 e. The molecule has 3 heterocycles. The van der Waals surface area contributed by atoms with Crippen LogP contribution in [-0.4, -0.2) is 77.9 Å². The Morgan fingerprint density at radius 2 is 1.79 bits per heavy atom. The molecule has 0 radical (unpaired) electrons. The highest BCUT2D eigenvalue weighted by molar-refractivity contribution is 5.80. The molecule has 6 nitrogen and oxygen atoms in total. The largest absolute Gasteiger partial charge is 0.353 e. The summed E-state index contributed by atoms with van der Waals surface area (Å²) in [5.41, 5.74) is 1.34. The molecule has 1 aromatic carbocycles. The lowest BCUT2D eigenvalue weighted by Crippen LogP contribution is -2.53. The molecular weight excluding hydrogens is 364 g/mol. The first-order valence-electron chi connectivity index (χ1n) is 11.1. The van der Waals surface area contributed by atoms with Crippen LogP contribution in [0.3, 0.4) is 0 Å². The molecule has 1 N–H and O–H groups in total. The third-order valence-corrected chi connectivity index (χ3v) is 6.69. The first-order valence-corrected chi connectivity index (χ1v) is 11.1. The van der Waals surface area contributed by atoms with Crippen LogP contribution in [-0.2, 0) is 9.59 Å². The van der Waals surface area contributed by atoms with Crippen molar-refractivity contribution in [2.45, 2.75) is 51.2 Å². The predicted molar refractivity (Wildman–Crippen MR) is 113 cm³/mol. The quantitative estimate of drug-likeness (QED) is 0.823. The van der Waals surface area contributed by atoms with E-state index >= 15 is 0 Å². The van der Waals surface area contributed by atoms with Crippen LogP contribution >= 0.6 is 0 Å². The van der Waals surface area contributed by atoms with E-state index in [1.165, 1.54) is 12.0 Å². The summed E-state index contributed by atoms with van der Waals surface area (Å²) in [6, 6.07) is 11.6. The van der Waals surface area contributed by atoms with Gasteiger partial charge in [-0.2, -0.15) is 0 Å². The summed E-state index contributed by atoms with van der Waals surface area (Å²) in [4.78, 5) is 32.2. The van der Waals surface area contributed by atoms with Crippen LogP contribution in [0, 0.1) is 5.92 Å². The van der Waals surface area contributed by atoms with Gasteiger partial charge in [0.15, 0.2) is 0 Å². The molecule has 2 amide bonds. The second-order valence-electron chi connectivity index (χ2n) is 9.04. The van der Waals surface area contributed by atoms with Gasteiger partial charge in [-0.25, -0.2) is 0 Å². The van der Waals surface area contributed by atoms with Gasteiger partial charge in [0.25, 0.3) is 0 Å². The molecule has 0 aliphatic carbocycles. The van der Waals surface area contributed by atoms with Crippen molar-refractivity contribution < 1.29 is 9.59 Å². The number of benzene rings is 1. The summed E-state index contributed by atoms with van der Waals surface area (Å²) in [6.45, 7) is 8.50. The van der Waals surface area contributed by atoms with E-state index in [9.17, 15) is 9.59 Å². The highest BCUT2D eigenvalue weighted by atomic mass is 16.2. The molecule has 0 unspecified atom stereocenters. The van der Waals surface area contributed by atoms with E-state index in [0.717, 1.165) is 45.6 Å². The Balaban J connectivity index is 1.35. The first-order chi connectivity index (χ1) is 14.0. The van der Waals surface area contributed by atoms with Gasteiger partial charge in [0.05, 0.1) is 12.5 Å². The van der Waals surface area contributed by atoms with Crippen LogP contribution in [0.15, 0.2) is 30.3 Å². The van der Waals surface area contributed by atoms with Crippen LogP contribution in [0.4, 0.5) is 0 Å². The number of nitrogens with zero attached hydrogens (tertiary/aromatic N) is 3. The van der Waals surface area contributed by atoms with E-state index in [1.54, 1.807) is 0 Å². The molecule has 3 fully saturated rings. The molecule has 3 aliphatic heterocycles. The summed E-state index contributed by atoms with van der Waals surface area (Å²) in [5.74, 6) is 0.507. The number of carbonyl (C=O) groups excluding carboxylic acids is 2. The van der Waals surface area contributed by atoms with Gasteiger partial charge in [0.2, 0.25) is 11.8 Å². The van der Waals surface area contributed by atoms with E-state index in [4.69, 9.17) is 0 Å². The Hall–Kier alpha value is -1.92. The minimum absolute atomic E-state index is 0.0721. The van der Waals surface area contributed by atoms with Crippen LogP contribution in [0.1, 0.15) is 44.7 Å². The van der Waals surface area contributed by atoms with E-state index in [-0.39, 0.29) is 17.9 Å². The average Bonchev–Trinajstić information content (AvgIpc) is 3.31. The van der Waals surface area contributed by atoms with E-state index < -0.39 is 0 Å². The van der Waals surface area contributed by atoms with Crippen molar-refractivity contribution in [2.24, 2.45) is 5.92 Å². The molecule has 0 saturated carbocycles. The molecule has 1 aromatic rings. The van der Waals surface area contributed by atoms with E-state index in [2.05, 4.69) is 45.4 Å². The van der Waals surface area contributed by atoms with E-state index in [0.29, 0.717) is 24.5 Å². The minimum Gasteiger partial charge on any atom is -0.353 e. The monoisotopic (exact) mass is 398 g/mol. The second-order valence-corrected chi connectivity index (χ2v) is 9.04. The minimum atomic E-state index is 0.0721. The van der Waals surface area contributed by atoms with Gasteiger partial charge in [-0.15, -0.1) is 0 Å². The fourth-order valence-corrected chi connectivity index (χ4v) is 5.37. The predicted octanol–water partition coefficient (Wildman–Crippen LogP) is 1.88. The van der Waals surface area contributed by atoms with Crippen LogP contribution < -0.4 is 5.32 Å². The Kier molecular flexibility index (Phi) is 6.20. The molecule has 0 bridgehead atoms. The van der Waals surface area contributed by atoms with Crippen LogP contribution in [0.25, 0.3) is 0 Å². The summed E-state index contributed by atoms with van der Waals surface area (Å²) < 4.78 is 0. The number of nitrogens with one attached hydrogen (secondary N) is 1. The van der Waals surface area contributed by atoms with Crippen LogP contribution in [0.2, 0.25) is 0 Å². The zero-order valence-corrected chi connectivity index (χ0v) is 17.7. The molecule has 3 saturated heterocycles. The molecule has 158 valence electrons. The second kappa shape index (κ2) is 8.84. The zero-order chi connectivity index (χ0) is 20.4. The smallest absolute Gasteiger partial charge is 0.234 e. The van der Waals surface area contributed by atoms with Crippen molar-refractivity contribution >= 4 is 11.8 Å². The number of piperazine rings is 1. The molecule has 4 rings (SSSR count). The Bertz CT molecular complexity index is 715. The molecule has 3 atom stereocenters. The third kappa shape index (κ3) is 4.48. The van der Waals surface area contributed by atoms with Crippen molar-refractivity contribution in [1.82, 2.24) is 20.0 Å². The Morgan fingerprint density at radius 1 is 1.07 bits per heavy atom. The van der Waals surface area contributed by atoms with Gasteiger partial charge in [0, 0.05) is 44.3 Å². The lowest BCUT2D eigenvalue weighted by Gasteiger charge is -2.36. The topological polar surface area (TPSA) is 55.9 Å². The van der Waals surface area contributed by atoms with Gasteiger partial charge >= 0.3 is 0 Å². The normalized spacial score (nSPS) is 28.0. The molecule has 29 heavy (non-hydrogen) atoms. The number of hydrogen-bond acceptors (Lipinski definition) is 4. The molecule has 0 aromatic heterocycles. The number of carbonyl (C=O) groups is 2. The van der Waals surface area contributed by atoms with Crippen LogP contribution in [0.5, 0.6) is 0 Å². The Morgan fingerprint density at radius 3 is 2.48 bits per heavy atom. The van der Waals surface area contributed by atoms with Gasteiger partial charge in [0.1, 0.15) is 0 Å². The third-order valence-electron chi connectivity index (χ3n) is 6.69. The van der Waals surface area contributed by atoms with E-state index in [1.807, 2.05) is 18.7 Å². The number of rotatable bonds is 5. The fraction of sp³-hybridized carbons (Fsp3) is 0.652. The fourth-order valence-electron chi connectivity index (χ4n) is 5.37. The summed E-state index contributed by atoms with van der Waals surface area (Å²) in [6.07, 6.45) is 3.26. The highest BCUT2D eigenvalue weighted by Crippen LogP contribution is 2.45. The van der Waals surface area contributed by atoms with Gasteiger partial charge in [-0.3, -0.25) is 19.4 Å². The maximum atomic E-state index is 13.4. The number of amides is 2. The van der Waals surface area contributed by atoms with Gasteiger partial charge in [-0.1, -0.05) is 30.3 Å². The molecule has 3 aliphatic rings. The average molecular weight is 399 g/mol. The zero-order valence-electron chi connectivity index (χ0n) is 17.7. The highest BCUT2D eigenvalue weighted by Gasteiger charge is 2.48. The van der Waals surface area contributed by atoms with Crippen molar-refractivity contribution in [2.75, 3.05) is 39.3 Å². The van der Waals surface area contributed by atoms with Crippen molar-refractivity contribution in [3.63, 3.8) is 0 Å². The van der Waals surface area contributed by atoms with Crippen molar-refractivity contribution in [1.29, 1.82) is 0 Å². The number of fused-ring (bicyclic) bond motifs is 1. The molecule has 6 heteroatoms. The number of hydrogen-bond donors (Lipinski definition) is 1. The van der Waals surface area contributed by atoms with Gasteiger partial charge in [-0.05, 0) is 45.2 Å². The molecule has 0 spiro atoms.